The number of thioether (sulfide) groups is 1. The van der Waals surface area contributed by atoms with Gasteiger partial charge in [0.2, 0.25) is 11.8 Å². The number of carbonyl (C=O) groups excluding carboxylic acids is 3. The summed E-state index contributed by atoms with van der Waals surface area (Å²) in [4.78, 5) is 44.2. The maximum Gasteiger partial charge on any atom is 0.409 e. The van der Waals surface area contributed by atoms with Crippen molar-refractivity contribution < 1.29 is 19.1 Å². The summed E-state index contributed by atoms with van der Waals surface area (Å²) in [5.41, 5.74) is 4.28. The Balaban J connectivity index is 1.39. The maximum atomic E-state index is 12.4. The molecule has 1 fully saturated rings. The van der Waals surface area contributed by atoms with E-state index in [1.807, 2.05) is 11.4 Å². The highest BCUT2D eigenvalue weighted by molar-refractivity contribution is 8.00. The number of hydrogen-bond donors (Lipinski definition) is 1. The number of amides is 3. The fourth-order valence-electron chi connectivity index (χ4n) is 3.20. The zero-order valence-electron chi connectivity index (χ0n) is 18.6. The van der Waals surface area contributed by atoms with Gasteiger partial charge in [0.1, 0.15) is 0 Å². The number of benzene rings is 1. The van der Waals surface area contributed by atoms with Crippen LogP contribution in [-0.4, -0.2) is 77.0 Å². The first kappa shape index (κ1) is 24.1. The molecule has 2 aromatic rings. The smallest absolute Gasteiger partial charge is 0.409 e. The van der Waals surface area contributed by atoms with Gasteiger partial charge in [-0.25, -0.2) is 9.78 Å². The Morgan fingerprint density at radius 3 is 2.50 bits per heavy atom. The van der Waals surface area contributed by atoms with Crippen molar-refractivity contribution in [2.45, 2.75) is 20.8 Å². The van der Waals surface area contributed by atoms with Crippen LogP contribution >= 0.6 is 23.1 Å². The third-order valence-corrected chi connectivity index (χ3v) is 6.85. The number of nitrogens with one attached hydrogen (secondary N) is 1. The molecule has 1 aliphatic heterocycles. The average molecular weight is 477 g/mol. The van der Waals surface area contributed by atoms with Gasteiger partial charge in [0.25, 0.3) is 0 Å². The predicted molar refractivity (Wildman–Crippen MR) is 128 cm³/mol. The number of aryl methyl sites for hydroxylation is 2. The largest absolute Gasteiger partial charge is 0.450 e. The van der Waals surface area contributed by atoms with Crippen molar-refractivity contribution in [3.05, 3.63) is 34.7 Å². The van der Waals surface area contributed by atoms with E-state index in [4.69, 9.17) is 4.74 Å². The third-order valence-electron chi connectivity index (χ3n) is 5.17. The molecule has 0 aliphatic carbocycles. The Morgan fingerprint density at radius 1 is 1.09 bits per heavy atom. The molecule has 8 nitrogen and oxygen atoms in total. The molecular formula is C22H28N4O4S2. The molecule has 172 valence electrons. The second kappa shape index (κ2) is 11.3. The first-order valence-electron chi connectivity index (χ1n) is 10.5. The molecule has 32 heavy (non-hydrogen) atoms. The normalized spacial score (nSPS) is 13.7. The highest BCUT2D eigenvalue weighted by Crippen LogP contribution is 2.26. The van der Waals surface area contributed by atoms with Gasteiger partial charge in [0.15, 0.2) is 5.13 Å². The second-order valence-electron chi connectivity index (χ2n) is 7.44. The van der Waals surface area contributed by atoms with Gasteiger partial charge in [-0.3, -0.25) is 9.59 Å². The molecule has 0 bridgehead atoms. The zero-order valence-corrected chi connectivity index (χ0v) is 20.2. The minimum atomic E-state index is -0.339. The first-order valence-corrected chi connectivity index (χ1v) is 12.5. The van der Waals surface area contributed by atoms with Crippen molar-refractivity contribution in [3.63, 3.8) is 0 Å². The Kier molecular flexibility index (Phi) is 8.52. The van der Waals surface area contributed by atoms with Crippen molar-refractivity contribution in [2.24, 2.45) is 0 Å². The maximum absolute atomic E-state index is 12.4. The molecule has 0 atom stereocenters. The number of nitrogens with zero attached hydrogens (tertiary/aromatic N) is 3. The van der Waals surface area contributed by atoms with Gasteiger partial charge in [0.05, 0.1) is 23.8 Å². The van der Waals surface area contributed by atoms with Gasteiger partial charge in [-0.15, -0.1) is 23.1 Å². The lowest BCUT2D eigenvalue weighted by Gasteiger charge is -2.34. The van der Waals surface area contributed by atoms with Crippen molar-refractivity contribution in [1.29, 1.82) is 0 Å². The van der Waals surface area contributed by atoms with Crippen LogP contribution in [0.1, 0.15) is 18.1 Å². The van der Waals surface area contributed by atoms with Crippen molar-refractivity contribution in [3.8, 4) is 11.3 Å². The number of ether oxygens (including phenoxy) is 1. The van der Waals surface area contributed by atoms with E-state index in [9.17, 15) is 14.4 Å². The highest BCUT2D eigenvalue weighted by Gasteiger charge is 2.24. The summed E-state index contributed by atoms with van der Waals surface area (Å²) in [5.74, 6) is 0.180. The van der Waals surface area contributed by atoms with E-state index in [-0.39, 0.29) is 29.4 Å². The van der Waals surface area contributed by atoms with Gasteiger partial charge >= 0.3 is 6.09 Å². The van der Waals surface area contributed by atoms with Crippen LogP contribution in [0.15, 0.2) is 23.6 Å². The van der Waals surface area contributed by atoms with Gasteiger partial charge in [-0.2, -0.15) is 0 Å². The molecule has 1 aromatic carbocycles. The Labute approximate surface area is 196 Å². The number of thiazole rings is 1. The molecule has 1 saturated heterocycles. The van der Waals surface area contributed by atoms with Gasteiger partial charge in [0, 0.05) is 37.1 Å². The quantitative estimate of drug-likeness (QED) is 0.659. The fraction of sp³-hybridized carbons (Fsp3) is 0.455. The summed E-state index contributed by atoms with van der Waals surface area (Å²) in [6.07, 6.45) is -0.339. The van der Waals surface area contributed by atoms with Crippen LogP contribution in [0.5, 0.6) is 0 Å². The molecule has 2 heterocycles. The Morgan fingerprint density at radius 2 is 1.81 bits per heavy atom. The molecule has 1 aromatic heterocycles. The molecule has 0 spiro atoms. The lowest BCUT2D eigenvalue weighted by molar-refractivity contribution is -0.129. The molecule has 3 rings (SSSR count). The van der Waals surface area contributed by atoms with Crippen LogP contribution < -0.4 is 5.32 Å². The summed E-state index contributed by atoms with van der Waals surface area (Å²) in [5, 5.41) is 5.28. The van der Waals surface area contributed by atoms with E-state index in [1.165, 1.54) is 34.2 Å². The average Bonchev–Trinajstić information content (AvgIpc) is 3.24. The molecule has 3 amide bonds. The molecule has 0 unspecified atom stereocenters. The number of rotatable bonds is 7. The van der Waals surface area contributed by atoms with E-state index in [0.717, 1.165) is 11.3 Å². The predicted octanol–water partition coefficient (Wildman–Crippen LogP) is 3.40. The van der Waals surface area contributed by atoms with E-state index in [0.29, 0.717) is 37.9 Å². The summed E-state index contributed by atoms with van der Waals surface area (Å²) in [6, 6.07) is 6.17. The second-order valence-corrected chi connectivity index (χ2v) is 9.29. The summed E-state index contributed by atoms with van der Waals surface area (Å²) >= 11 is 2.65. The zero-order chi connectivity index (χ0) is 23.1. The Bertz CT molecular complexity index is 971. The number of anilines is 1. The summed E-state index contributed by atoms with van der Waals surface area (Å²) in [6.45, 7) is 8.11. The first-order chi connectivity index (χ1) is 15.4. The van der Waals surface area contributed by atoms with Gasteiger partial charge in [-0.1, -0.05) is 12.1 Å². The monoisotopic (exact) mass is 476 g/mol. The van der Waals surface area contributed by atoms with Crippen LogP contribution in [-0.2, 0) is 14.3 Å². The van der Waals surface area contributed by atoms with E-state index >= 15 is 0 Å². The lowest BCUT2D eigenvalue weighted by atomic mass is 10.1. The fourth-order valence-corrected chi connectivity index (χ4v) is 4.65. The SMILES string of the molecule is CCOC(=O)N1CCN(C(=O)CSCC(=O)Nc2nc(-c3ccc(C)c(C)c3)cs2)CC1. The summed E-state index contributed by atoms with van der Waals surface area (Å²) < 4.78 is 4.98. The molecule has 0 saturated carbocycles. The van der Waals surface area contributed by atoms with Crippen molar-refractivity contribution >= 4 is 46.1 Å². The van der Waals surface area contributed by atoms with Gasteiger partial charge in [-0.05, 0) is 38.0 Å². The topological polar surface area (TPSA) is 91.8 Å². The molecule has 0 radical (unpaired) electrons. The molecular weight excluding hydrogens is 448 g/mol. The van der Waals surface area contributed by atoms with E-state index in [2.05, 4.69) is 36.3 Å². The van der Waals surface area contributed by atoms with Gasteiger partial charge < -0.3 is 19.9 Å². The molecule has 1 aliphatic rings. The van der Waals surface area contributed by atoms with Crippen LogP contribution in [0.4, 0.5) is 9.93 Å². The highest BCUT2D eigenvalue weighted by atomic mass is 32.2. The van der Waals surface area contributed by atoms with Crippen LogP contribution in [0.2, 0.25) is 0 Å². The number of piperazine rings is 1. The van der Waals surface area contributed by atoms with Crippen LogP contribution in [0, 0.1) is 13.8 Å². The van der Waals surface area contributed by atoms with Crippen molar-refractivity contribution in [1.82, 2.24) is 14.8 Å². The van der Waals surface area contributed by atoms with E-state index < -0.39 is 0 Å². The molecule has 10 heteroatoms. The molecule has 1 N–H and O–H groups in total. The number of carbonyl (C=O) groups is 3. The number of hydrogen-bond acceptors (Lipinski definition) is 7. The standard InChI is InChI=1S/C22H28N4O4S2/c1-4-30-22(29)26-9-7-25(8-10-26)20(28)14-31-13-19(27)24-21-23-18(12-32-21)17-6-5-15(2)16(3)11-17/h5-6,11-12H,4,7-10,13-14H2,1-3H3,(H,23,24,27). The summed E-state index contributed by atoms with van der Waals surface area (Å²) in [7, 11) is 0. The van der Waals surface area contributed by atoms with Crippen LogP contribution in [0.25, 0.3) is 11.3 Å². The van der Waals surface area contributed by atoms with Crippen LogP contribution in [0.3, 0.4) is 0 Å². The minimum absolute atomic E-state index is 0.0300. The third kappa shape index (κ3) is 6.46. The minimum Gasteiger partial charge on any atom is -0.450 e. The van der Waals surface area contributed by atoms with Crippen molar-refractivity contribution in [2.75, 3.05) is 49.6 Å². The number of aromatic nitrogens is 1. The Hall–Kier alpha value is -2.59. The lowest BCUT2D eigenvalue weighted by Crippen LogP contribution is -2.51. The van der Waals surface area contributed by atoms with E-state index in [1.54, 1.807) is 16.7 Å².